The Labute approximate surface area is 150 Å². The topological polar surface area (TPSA) is 90.0 Å². The van der Waals surface area contributed by atoms with Crippen LogP contribution in [0.3, 0.4) is 0 Å². The minimum absolute atomic E-state index is 0.0899. The summed E-state index contributed by atoms with van der Waals surface area (Å²) in [5.74, 6) is -2.21. The predicted molar refractivity (Wildman–Crippen MR) is 88.8 cm³/mol. The molecular formula is C16H14F4N6O. The highest BCUT2D eigenvalue weighted by molar-refractivity contribution is 5.88. The van der Waals surface area contributed by atoms with Gasteiger partial charge in [-0.3, -0.25) is 5.10 Å². The number of H-pyrrole nitrogens is 1. The van der Waals surface area contributed by atoms with Crippen LogP contribution >= 0.6 is 0 Å². The first-order valence-electron chi connectivity index (χ1n) is 8.11. The Morgan fingerprint density at radius 2 is 1.89 bits per heavy atom. The van der Waals surface area contributed by atoms with E-state index in [1.807, 2.05) is 4.90 Å². The molecule has 1 aliphatic rings. The molecule has 3 heterocycles. The highest BCUT2D eigenvalue weighted by Gasteiger charge is 2.36. The number of anilines is 1. The number of hydrogen-bond donors (Lipinski definition) is 3. The number of benzene rings is 1. The molecule has 3 aromatic rings. The summed E-state index contributed by atoms with van der Waals surface area (Å²) < 4.78 is 52.7. The molecule has 27 heavy (non-hydrogen) atoms. The minimum Gasteiger partial charge on any atom is -0.505 e. The molecule has 1 fully saturated rings. The molecule has 4 rings (SSSR count). The van der Waals surface area contributed by atoms with Gasteiger partial charge in [0.05, 0.1) is 17.5 Å². The van der Waals surface area contributed by atoms with Gasteiger partial charge in [0.15, 0.2) is 11.6 Å². The normalized spacial score (nSPS) is 15.5. The van der Waals surface area contributed by atoms with Crippen molar-refractivity contribution in [3.8, 4) is 17.0 Å². The van der Waals surface area contributed by atoms with E-state index in [9.17, 15) is 22.7 Å². The Hall–Kier alpha value is -2.95. The molecule has 0 atom stereocenters. The van der Waals surface area contributed by atoms with E-state index in [0.717, 1.165) is 32.2 Å². The number of piperazine rings is 1. The molecule has 0 unspecified atom stereocenters. The van der Waals surface area contributed by atoms with Crippen molar-refractivity contribution in [3.05, 3.63) is 29.7 Å². The van der Waals surface area contributed by atoms with Crippen molar-refractivity contribution in [3.63, 3.8) is 0 Å². The lowest BCUT2D eigenvalue weighted by Gasteiger charge is -2.27. The second-order valence-corrected chi connectivity index (χ2v) is 6.09. The molecule has 0 radical (unpaired) electrons. The van der Waals surface area contributed by atoms with Crippen molar-refractivity contribution in [1.82, 2.24) is 25.5 Å². The lowest BCUT2D eigenvalue weighted by atomic mass is 10.1. The fourth-order valence-electron chi connectivity index (χ4n) is 2.99. The second kappa shape index (κ2) is 6.34. The van der Waals surface area contributed by atoms with Crippen LogP contribution in [-0.2, 0) is 6.18 Å². The molecule has 0 saturated carbocycles. The van der Waals surface area contributed by atoms with Crippen molar-refractivity contribution in [1.29, 1.82) is 0 Å². The minimum atomic E-state index is -4.95. The van der Waals surface area contributed by atoms with Gasteiger partial charge in [-0.15, -0.1) is 0 Å². The van der Waals surface area contributed by atoms with E-state index in [0.29, 0.717) is 11.9 Å². The monoisotopic (exact) mass is 382 g/mol. The molecule has 0 aliphatic carbocycles. The Bertz CT molecular complexity index is 996. The summed E-state index contributed by atoms with van der Waals surface area (Å²) in [6, 6.07) is 1.50. The number of hydrogen-bond acceptors (Lipinski definition) is 6. The highest BCUT2D eigenvalue weighted by atomic mass is 19.4. The Balaban J connectivity index is 1.77. The average molecular weight is 382 g/mol. The van der Waals surface area contributed by atoms with Gasteiger partial charge in [-0.05, 0) is 12.1 Å². The zero-order chi connectivity index (χ0) is 19.2. The van der Waals surface area contributed by atoms with E-state index in [2.05, 4.69) is 25.5 Å². The van der Waals surface area contributed by atoms with Gasteiger partial charge < -0.3 is 15.3 Å². The van der Waals surface area contributed by atoms with Gasteiger partial charge in [0, 0.05) is 31.7 Å². The first-order chi connectivity index (χ1) is 12.8. The zero-order valence-corrected chi connectivity index (χ0v) is 13.8. The number of phenolic OH excluding ortho intramolecular Hbond substituents is 1. The van der Waals surface area contributed by atoms with Crippen LogP contribution in [0, 0.1) is 5.82 Å². The first-order valence-corrected chi connectivity index (χ1v) is 8.11. The summed E-state index contributed by atoms with van der Waals surface area (Å²) in [6.45, 7) is 3.11. The number of alkyl halides is 3. The third-order valence-corrected chi connectivity index (χ3v) is 4.34. The Morgan fingerprint density at radius 1 is 1.15 bits per heavy atom. The largest absolute Gasteiger partial charge is 0.505 e. The second-order valence-electron chi connectivity index (χ2n) is 6.09. The van der Waals surface area contributed by atoms with Crippen LogP contribution in [-0.4, -0.2) is 51.5 Å². The summed E-state index contributed by atoms with van der Waals surface area (Å²) in [4.78, 5) is 10.7. The standard InChI is InChI=1S/C16H14F4N6O/c17-12-9(16(18,19)20)5-8(6-10(12)27)13-14-15(25-24-13)23-11(7-22-14)26-3-1-21-2-4-26/h5-7,21,27H,1-4H2,(H,23,24,25). The number of fused-ring (bicyclic) bond motifs is 1. The quantitative estimate of drug-likeness (QED) is 0.590. The summed E-state index contributed by atoms with van der Waals surface area (Å²) in [7, 11) is 0. The van der Waals surface area contributed by atoms with E-state index in [4.69, 9.17) is 0 Å². The molecular weight excluding hydrogens is 368 g/mol. The first kappa shape index (κ1) is 17.5. The summed E-state index contributed by atoms with van der Waals surface area (Å²) in [5, 5.41) is 19.4. The van der Waals surface area contributed by atoms with Crippen LogP contribution in [0.5, 0.6) is 5.75 Å². The van der Waals surface area contributed by atoms with Crippen molar-refractivity contribution >= 4 is 17.0 Å². The van der Waals surface area contributed by atoms with Gasteiger partial charge in [0.1, 0.15) is 11.3 Å². The maximum atomic E-state index is 13.7. The zero-order valence-electron chi connectivity index (χ0n) is 13.8. The molecule has 1 saturated heterocycles. The number of rotatable bonds is 2. The lowest BCUT2D eigenvalue weighted by molar-refractivity contribution is -0.140. The number of aromatic nitrogens is 4. The highest BCUT2D eigenvalue weighted by Crippen LogP contribution is 2.38. The molecule has 3 N–H and O–H groups in total. The molecule has 0 spiro atoms. The smallest absolute Gasteiger partial charge is 0.419 e. The van der Waals surface area contributed by atoms with Gasteiger partial charge in [-0.2, -0.15) is 18.3 Å². The SMILES string of the molecule is Oc1cc(-c2[nH]nc3nc(N4CCNCC4)cnc23)cc(C(F)(F)F)c1F. The summed E-state index contributed by atoms with van der Waals surface area (Å²) >= 11 is 0. The summed E-state index contributed by atoms with van der Waals surface area (Å²) in [6.07, 6.45) is -3.44. The van der Waals surface area contributed by atoms with Crippen molar-refractivity contribution in [2.24, 2.45) is 0 Å². The van der Waals surface area contributed by atoms with E-state index < -0.39 is 23.3 Å². The van der Waals surface area contributed by atoms with Gasteiger partial charge in [-0.1, -0.05) is 0 Å². The van der Waals surface area contributed by atoms with Crippen LogP contribution < -0.4 is 10.2 Å². The van der Waals surface area contributed by atoms with Gasteiger partial charge in [-0.25, -0.2) is 14.4 Å². The van der Waals surface area contributed by atoms with Crippen LogP contribution in [0.1, 0.15) is 5.56 Å². The van der Waals surface area contributed by atoms with Crippen LogP contribution in [0.25, 0.3) is 22.4 Å². The number of nitrogens with zero attached hydrogens (tertiary/aromatic N) is 4. The number of aromatic amines is 1. The van der Waals surface area contributed by atoms with Gasteiger partial charge in [0.25, 0.3) is 0 Å². The lowest BCUT2D eigenvalue weighted by Crippen LogP contribution is -2.43. The van der Waals surface area contributed by atoms with Crippen molar-refractivity contribution in [2.45, 2.75) is 6.18 Å². The molecule has 11 heteroatoms. The average Bonchev–Trinajstić information content (AvgIpc) is 3.07. The van der Waals surface area contributed by atoms with Gasteiger partial charge >= 0.3 is 6.18 Å². The van der Waals surface area contributed by atoms with E-state index in [-0.39, 0.29) is 22.4 Å². The van der Waals surface area contributed by atoms with Crippen molar-refractivity contribution in [2.75, 3.05) is 31.1 Å². The third-order valence-electron chi connectivity index (χ3n) is 4.34. The van der Waals surface area contributed by atoms with Crippen LogP contribution in [0.4, 0.5) is 23.4 Å². The molecule has 0 bridgehead atoms. The maximum Gasteiger partial charge on any atom is 0.419 e. The third kappa shape index (κ3) is 3.14. The van der Waals surface area contributed by atoms with E-state index in [1.165, 1.54) is 6.20 Å². The van der Waals surface area contributed by atoms with Crippen LogP contribution in [0.2, 0.25) is 0 Å². The number of halogens is 4. The number of aromatic hydroxyl groups is 1. The number of phenols is 1. The van der Waals surface area contributed by atoms with E-state index in [1.54, 1.807) is 0 Å². The molecule has 7 nitrogen and oxygen atoms in total. The fourth-order valence-corrected chi connectivity index (χ4v) is 2.99. The predicted octanol–water partition coefficient (Wildman–Crippen LogP) is 2.29. The van der Waals surface area contributed by atoms with Gasteiger partial charge in [0.2, 0.25) is 5.65 Å². The molecule has 1 aliphatic heterocycles. The molecule has 0 amide bonds. The summed E-state index contributed by atoms with van der Waals surface area (Å²) in [5.41, 5.74) is -1.09. The Kier molecular flexibility index (Phi) is 4.10. The fraction of sp³-hybridized carbons (Fsp3) is 0.312. The maximum absolute atomic E-state index is 13.7. The molecule has 142 valence electrons. The van der Waals surface area contributed by atoms with Crippen molar-refractivity contribution < 1.29 is 22.7 Å². The number of nitrogens with one attached hydrogen (secondary N) is 2. The van der Waals surface area contributed by atoms with Crippen LogP contribution in [0.15, 0.2) is 18.3 Å². The van der Waals surface area contributed by atoms with E-state index >= 15 is 0 Å². The molecule has 1 aromatic carbocycles. The Morgan fingerprint density at radius 3 is 2.59 bits per heavy atom. The molecule has 2 aromatic heterocycles.